The second-order valence-corrected chi connectivity index (χ2v) is 5.47. The Balaban J connectivity index is 2.32. The summed E-state index contributed by atoms with van der Waals surface area (Å²) in [5, 5.41) is 7.13. The van der Waals surface area contributed by atoms with Crippen molar-refractivity contribution < 1.29 is 9.59 Å². The lowest BCUT2D eigenvalue weighted by Gasteiger charge is -2.45. The third-order valence-corrected chi connectivity index (χ3v) is 4.14. The molecule has 6 nitrogen and oxygen atoms in total. The summed E-state index contributed by atoms with van der Waals surface area (Å²) in [6, 6.07) is 1.45. The highest BCUT2D eigenvalue weighted by atomic mass is 16.2. The number of hydrogen-bond acceptors (Lipinski definition) is 3. The molecule has 2 unspecified atom stereocenters. The molecule has 1 aromatic rings. The second kappa shape index (κ2) is 5.26. The zero-order valence-corrected chi connectivity index (χ0v) is 12.5. The molecule has 1 saturated heterocycles. The minimum Gasteiger partial charge on any atom is -0.342 e. The summed E-state index contributed by atoms with van der Waals surface area (Å²) >= 11 is 0. The number of amides is 2. The van der Waals surface area contributed by atoms with Crippen LogP contribution in [-0.2, 0) is 23.2 Å². The maximum Gasteiger partial charge on any atom is 0.246 e. The van der Waals surface area contributed by atoms with Gasteiger partial charge in [-0.15, -0.1) is 0 Å². The van der Waals surface area contributed by atoms with Crippen molar-refractivity contribution in [3.8, 4) is 0 Å². The molecule has 20 heavy (non-hydrogen) atoms. The SMILES string of the molecule is CCC1NC(=O)C(C)(CC)N(Cc2ccn(C)n2)C1=O. The number of aryl methyl sites for hydroxylation is 1. The van der Waals surface area contributed by atoms with Gasteiger partial charge in [0.15, 0.2) is 0 Å². The number of nitrogens with zero attached hydrogens (tertiary/aromatic N) is 3. The van der Waals surface area contributed by atoms with E-state index in [1.165, 1.54) is 0 Å². The lowest BCUT2D eigenvalue weighted by Crippen LogP contribution is -2.68. The molecule has 1 fully saturated rings. The van der Waals surface area contributed by atoms with E-state index >= 15 is 0 Å². The van der Waals surface area contributed by atoms with Crippen molar-refractivity contribution in [2.45, 2.75) is 51.7 Å². The normalized spacial score (nSPS) is 26.8. The third-order valence-electron chi connectivity index (χ3n) is 4.14. The molecular weight excluding hydrogens is 256 g/mol. The van der Waals surface area contributed by atoms with E-state index in [0.29, 0.717) is 19.4 Å². The van der Waals surface area contributed by atoms with Crippen LogP contribution in [0, 0.1) is 0 Å². The minimum absolute atomic E-state index is 0.0258. The second-order valence-electron chi connectivity index (χ2n) is 5.47. The molecule has 0 saturated carbocycles. The lowest BCUT2D eigenvalue weighted by atomic mass is 9.90. The van der Waals surface area contributed by atoms with Gasteiger partial charge in [0.2, 0.25) is 11.8 Å². The fourth-order valence-corrected chi connectivity index (χ4v) is 2.52. The molecule has 0 radical (unpaired) electrons. The summed E-state index contributed by atoms with van der Waals surface area (Å²) in [6.07, 6.45) is 3.02. The maximum absolute atomic E-state index is 12.6. The Morgan fingerprint density at radius 3 is 2.60 bits per heavy atom. The third kappa shape index (κ3) is 2.30. The van der Waals surface area contributed by atoms with Crippen LogP contribution in [0.15, 0.2) is 12.3 Å². The largest absolute Gasteiger partial charge is 0.342 e. The molecule has 1 N–H and O–H groups in total. The first-order valence-electron chi connectivity index (χ1n) is 7.03. The zero-order chi connectivity index (χ0) is 14.9. The number of carbonyl (C=O) groups excluding carboxylic acids is 2. The molecule has 110 valence electrons. The van der Waals surface area contributed by atoms with Crippen molar-refractivity contribution in [3.63, 3.8) is 0 Å². The Labute approximate surface area is 119 Å². The van der Waals surface area contributed by atoms with E-state index in [0.717, 1.165) is 5.69 Å². The van der Waals surface area contributed by atoms with E-state index in [4.69, 9.17) is 0 Å². The topological polar surface area (TPSA) is 67.2 Å². The predicted octanol–water partition coefficient (Wildman–Crippen LogP) is 0.826. The number of carbonyl (C=O) groups is 2. The Morgan fingerprint density at radius 1 is 1.40 bits per heavy atom. The molecule has 1 aliphatic heterocycles. The highest BCUT2D eigenvalue weighted by molar-refractivity contribution is 5.99. The van der Waals surface area contributed by atoms with Crippen molar-refractivity contribution >= 4 is 11.8 Å². The van der Waals surface area contributed by atoms with Crippen LogP contribution in [0.4, 0.5) is 0 Å². The van der Waals surface area contributed by atoms with E-state index in [9.17, 15) is 9.59 Å². The molecule has 6 heteroatoms. The van der Waals surface area contributed by atoms with E-state index in [2.05, 4.69) is 10.4 Å². The van der Waals surface area contributed by atoms with Crippen LogP contribution in [0.2, 0.25) is 0 Å². The number of rotatable bonds is 4. The summed E-state index contributed by atoms with van der Waals surface area (Å²) in [5.41, 5.74) is -0.00891. The van der Waals surface area contributed by atoms with Crippen LogP contribution in [0.25, 0.3) is 0 Å². The van der Waals surface area contributed by atoms with E-state index in [1.54, 1.807) is 9.58 Å². The number of aromatic nitrogens is 2. The predicted molar refractivity (Wildman–Crippen MR) is 74.7 cm³/mol. The number of nitrogens with one attached hydrogen (secondary N) is 1. The van der Waals surface area contributed by atoms with Crippen LogP contribution < -0.4 is 5.32 Å². The first-order valence-corrected chi connectivity index (χ1v) is 7.03. The van der Waals surface area contributed by atoms with Crippen LogP contribution in [0.1, 0.15) is 39.3 Å². The molecule has 2 atom stereocenters. The molecule has 0 aromatic carbocycles. The summed E-state index contributed by atoms with van der Waals surface area (Å²) in [7, 11) is 1.84. The van der Waals surface area contributed by atoms with Crippen molar-refractivity contribution in [2.24, 2.45) is 7.05 Å². The Bertz CT molecular complexity index is 525. The fourth-order valence-electron chi connectivity index (χ4n) is 2.52. The number of hydrogen-bond donors (Lipinski definition) is 1. The smallest absolute Gasteiger partial charge is 0.246 e. The molecule has 0 bridgehead atoms. The first-order chi connectivity index (χ1) is 9.42. The molecule has 2 amide bonds. The quantitative estimate of drug-likeness (QED) is 0.887. The van der Waals surface area contributed by atoms with Crippen LogP contribution in [-0.4, -0.2) is 38.1 Å². The Kier molecular flexibility index (Phi) is 3.83. The summed E-state index contributed by atoms with van der Waals surface area (Å²) in [5.74, 6) is -0.107. The van der Waals surface area contributed by atoms with Crippen molar-refractivity contribution in [1.29, 1.82) is 0 Å². The van der Waals surface area contributed by atoms with Crippen LogP contribution in [0.5, 0.6) is 0 Å². The summed E-state index contributed by atoms with van der Waals surface area (Å²) < 4.78 is 1.70. The highest BCUT2D eigenvalue weighted by Crippen LogP contribution is 2.27. The van der Waals surface area contributed by atoms with E-state index in [1.807, 2.05) is 40.1 Å². The van der Waals surface area contributed by atoms with Crippen molar-refractivity contribution in [1.82, 2.24) is 20.0 Å². The van der Waals surface area contributed by atoms with Gasteiger partial charge in [-0.1, -0.05) is 13.8 Å². The van der Waals surface area contributed by atoms with Gasteiger partial charge in [-0.2, -0.15) is 5.10 Å². The first kappa shape index (κ1) is 14.6. The maximum atomic E-state index is 12.6. The molecule has 0 aliphatic carbocycles. The van der Waals surface area contributed by atoms with Crippen molar-refractivity contribution in [2.75, 3.05) is 0 Å². The van der Waals surface area contributed by atoms with Gasteiger partial charge in [-0.25, -0.2) is 0 Å². The summed E-state index contributed by atoms with van der Waals surface area (Å²) in [4.78, 5) is 26.6. The highest BCUT2D eigenvalue weighted by Gasteiger charge is 2.47. The molecule has 1 aromatic heterocycles. The van der Waals surface area contributed by atoms with Crippen molar-refractivity contribution in [3.05, 3.63) is 18.0 Å². The van der Waals surface area contributed by atoms with E-state index in [-0.39, 0.29) is 11.8 Å². The van der Waals surface area contributed by atoms with Gasteiger partial charge < -0.3 is 10.2 Å². The Hall–Kier alpha value is -1.85. The average Bonchev–Trinajstić information content (AvgIpc) is 2.84. The molecule has 2 heterocycles. The van der Waals surface area contributed by atoms with Gasteiger partial charge >= 0.3 is 0 Å². The van der Waals surface area contributed by atoms with Gasteiger partial charge in [0.25, 0.3) is 0 Å². The zero-order valence-electron chi connectivity index (χ0n) is 12.5. The van der Waals surface area contributed by atoms with Gasteiger partial charge in [0.1, 0.15) is 11.6 Å². The Morgan fingerprint density at radius 2 is 2.10 bits per heavy atom. The molecular formula is C14H22N4O2. The van der Waals surface area contributed by atoms with E-state index < -0.39 is 11.6 Å². The summed E-state index contributed by atoms with van der Waals surface area (Å²) in [6.45, 7) is 6.00. The minimum atomic E-state index is -0.805. The van der Waals surface area contributed by atoms with Crippen LogP contribution >= 0.6 is 0 Å². The standard InChI is InChI=1S/C14H22N4O2/c1-5-11-12(19)18(9-10-7-8-17(4)16-10)14(3,6-2)13(20)15-11/h7-8,11H,5-6,9H2,1-4H3,(H,15,20). The van der Waals surface area contributed by atoms with Gasteiger partial charge in [-0.3, -0.25) is 14.3 Å². The number of piperazine rings is 1. The molecule has 1 aliphatic rings. The van der Waals surface area contributed by atoms with Crippen LogP contribution in [0.3, 0.4) is 0 Å². The molecule has 2 rings (SSSR count). The molecule has 0 spiro atoms. The van der Waals surface area contributed by atoms with Gasteiger partial charge in [0, 0.05) is 13.2 Å². The average molecular weight is 278 g/mol. The van der Waals surface area contributed by atoms with Gasteiger partial charge in [0.05, 0.1) is 12.2 Å². The van der Waals surface area contributed by atoms with Gasteiger partial charge in [-0.05, 0) is 25.8 Å². The lowest BCUT2D eigenvalue weighted by molar-refractivity contribution is -0.157. The fraction of sp³-hybridized carbons (Fsp3) is 0.643. The monoisotopic (exact) mass is 278 g/mol.